The van der Waals surface area contributed by atoms with Crippen molar-refractivity contribution in [2.75, 3.05) is 6.61 Å². The quantitative estimate of drug-likeness (QED) is 0.147. The summed E-state index contributed by atoms with van der Waals surface area (Å²) in [7, 11) is 0. The number of carbonyl (C=O) groups excluding carboxylic acids is 2. The molecular formula is C27H30O4. The standard InChI is InChI=1S/C27H30O4/c1-18(2)25(28)30-15-7-6-8-19-9-13-23-20(16-19)10-11-21-17-22(12-14-24(21)23)31-26(29)27(3,4)5/h9-14,16-17H,1,6-8,15H2,2-5H3. The molecule has 0 aromatic heterocycles. The zero-order chi connectivity index (χ0) is 22.6. The molecule has 0 spiro atoms. The van der Waals surface area contributed by atoms with E-state index < -0.39 is 5.41 Å². The van der Waals surface area contributed by atoms with Gasteiger partial charge in [-0.25, -0.2) is 4.79 Å². The van der Waals surface area contributed by atoms with Gasteiger partial charge in [-0.3, -0.25) is 4.79 Å². The van der Waals surface area contributed by atoms with Gasteiger partial charge in [0.2, 0.25) is 0 Å². The summed E-state index contributed by atoms with van der Waals surface area (Å²) in [6.45, 7) is 11.2. The van der Waals surface area contributed by atoms with Crippen LogP contribution >= 0.6 is 0 Å². The molecule has 0 bridgehead atoms. The van der Waals surface area contributed by atoms with E-state index in [9.17, 15) is 9.59 Å². The molecule has 0 aliphatic heterocycles. The molecule has 0 aliphatic rings. The van der Waals surface area contributed by atoms with Crippen LogP contribution < -0.4 is 4.74 Å². The van der Waals surface area contributed by atoms with Crippen molar-refractivity contribution in [2.24, 2.45) is 5.41 Å². The first-order chi connectivity index (χ1) is 14.6. The van der Waals surface area contributed by atoms with E-state index in [0.29, 0.717) is 17.9 Å². The highest BCUT2D eigenvalue weighted by Crippen LogP contribution is 2.30. The number of aryl methyl sites for hydroxylation is 1. The van der Waals surface area contributed by atoms with E-state index in [2.05, 4.69) is 36.9 Å². The number of unbranched alkanes of at least 4 members (excludes halogenated alkanes) is 1. The van der Waals surface area contributed by atoms with Crippen molar-refractivity contribution in [1.29, 1.82) is 0 Å². The Morgan fingerprint density at radius 2 is 1.55 bits per heavy atom. The van der Waals surface area contributed by atoms with Crippen molar-refractivity contribution < 1.29 is 19.1 Å². The average Bonchev–Trinajstić information content (AvgIpc) is 2.72. The molecule has 0 radical (unpaired) electrons. The van der Waals surface area contributed by atoms with Crippen LogP contribution in [0.25, 0.3) is 21.5 Å². The number of rotatable bonds is 7. The Labute approximate surface area is 183 Å². The Morgan fingerprint density at radius 3 is 2.19 bits per heavy atom. The zero-order valence-electron chi connectivity index (χ0n) is 18.8. The molecule has 3 aromatic carbocycles. The fourth-order valence-electron chi connectivity index (χ4n) is 3.30. The normalized spacial score (nSPS) is 11.5. The Kier molecular flexibility index (Phi) is 6.79. The molecule has 0 N–H and O–H groups in total. The highest BCUT2D eigenvalue weighted by Gasteiger charge is 2.23. The maximum absolute atomic E-state index is 12.2. The van der Waals surface area contributed by atoms with E-state index in [1.165, 1.54) is 16.3 Å². The predicted octanol–water partition coefficient (Wildman–Crippen LogP) is 6.39. The molecule has 3 aromatic rings. The van der Waals surface area contributed by atoms with Crippen molar-refractivity contribution in [3.8, 4) is 5.75 Å². The van der Waals surface area contributed by atoms with Gasteiger partial charge in [0.15, 0.2) is 0 Å². The minimum Gasteiger partial charge on any atom is -0.462 e. The number of fused-ring (bicyclic) bond motifs is 3. The summed E-state index contributed by atoms with van der Waals surface area (Å²) in [5.74, 6) is -0.00340. The predicted molar refractivity (Wildman–Crippen MR) is 125 cm³/mol. The first-order valence-electron chi connectivity index (χ1n) is 10.7. The van der Waals surface area contributed by atoms with Gasteiger partial charge in [-0.15, -0.1) is 0 Å². The van der Waals surface area contributed by atoms with Crippen LogP contribution in [0.4, 0.5) is 0 Å². The van der Waals surface area contributed by atoms with Crippen LogP contribution in [-0.4, -0.2) is 18.5 Å². The number of carbonyl (C=O) groups is 2. The molecule has 0 aliphatic carbocycles. The van der Waals surface area contributed by atoms with Gasteiger partial charge in [0.25, 0.3) is 0 Å². The molecule has 0 heterocycles. The zero-order valence-corrected chi connectivity index (χ0v) is 18.8. The van der Waals surface area contributed by atoms with Crippen LogP contribution in [0.2, 0.25) is 0 Å². The summed E-state index contributed by atoms with van der Waals surface area (Å²) < 4.78 is 10.7. The van der Waals surface area contributed by atoms with Crippen LogP contribution in [0.5, 0.6) is 5.75 Å². The van der Waals surface area contributed by atoms with Crippen molar-refractivity contribution in [2.45, 2.75) is 47.0 Å². The minimum atomic E-state index is -0.541. The van der Waals surface area contributed by atoms with Gasteiger partial charge >= 0.3 is 11.9 Å². The van der Waals surface area contributed by atoms with Gasteiger partial charge in [0, 0.05) is 5.57 Å². The molecule has 0 atom stereocenters. The third-order valence-electron chi connectivity index (χ3n) is 5.14. The van der Waals surface area contributed by atoms with Crippen LogP contribution in [-0.2, 0) is 20.7 Å². The van der Waals surface area contributed by atoms with E-state index in [1.807, 2.05) is 39.0 Å². The lowest BCUT2D eigenvalue weighted by Crippen LogP contribution is -2.25. The van der Waals surface area contributed by atoms with E-state index in [-0.39, 0.29) is 11.9 Å². The second kappa shape index (κ2) is 9.34. The van der Waals surface area contributed by atoms with Crippen LogP contribution in [0.1, 0.15) is 46.1 Å². The number of ether oxygens (including phenoxy) is 2. The lowest BCUT2D eigenvalue weighted by molar-refractivity contribution is -0.143. The number of hydrogen-bond donors (Lipinski definition) is 0. The molecular weight excluding hydrogens is 388 g/mol. The number of esters is 2. The minimum absolute atomic E-state index is 0.244. The Balaban J connectivity index is 1.69. The maximum Gasteiger partial charge on any atom is 0.333 e. The topological polar surface area (TPSA) is 52.6 Å². The van der Waals surface area contributed by atoms with E-state index >= 15 is 0 Å². The van der Waals surface area contributed by atoms with Crippen molar-refractivity contribution in [1.82, 2.24) is 0 Å². The second-order valence-corrected chi connectivity index (χ2v) is 9.02. The number of hydrogen-bond acceptors (Lipinski definition) is 4. The third-order valence-corrected chi connectivity index (χ3v) is 5.14. The molecule has 31 heavy (non-hydrogen) atoms. The molecule has 0 amide bonds. The third kappa shape index (κ3) is 5.72. The Bertz CT molecular complexity index is 1140. The fourth-order valence-corrected chi connectivity index (χ4v) is 3.30. The number of benzene rings is 3. The fraction of sp³-hybridized carbons (Fsp3) is 0.333. The maximum atomic E-state index is 12.2. The van der Waals surface area contributed by atoms with E-state index in [0.717, 1.165) is 30.0 Å². The van der Waals surface area contributed by atoms with Crippen LogP contribution in [0, 0.1) is 5.41 Å². The smallest absolute Gasteiger partial charge is 0.333 e. The van der Waals surface area contributed by atoms with Crippen molar-refractivity contribution in [3.05, 3.63) is 66.2 Å². The van der Waals surface area contributed by atoms with Crippen molar-refractivity contribution in [3.63, 3.8) is 0 Å². The van der Waals surface area contributed by atoms with Gasteiger partial charge in [0.1, 0.15) is 5.75 Å². The summed E-state index contributed by atoms with van der Waals surface area (Å²) in [6, 6.07) is 16.5. The van der Waals surface area contributed by atoms with Gasteiger partial charge in [-0.1, -0.05) is 43.0 Å². The molecule has 0 unspecified atom stereocenters. The van der Waals surface area contributed by atoms with Gasteiger partial charge < -0.3 is 9.47 Å². The summed E-state index contributed by atoms with van der Waals surface area (Å²) >= 11 is 0. The molecule has 162 valence electrons. The Morgan fingerprint density at radius 1 is 0.903 bits per heavy atom. The van der Waals surface area contributed by atoms with Gasteiger partial charge in [-0.2, -0.15) is 0 Å². The first kappa shape index (κ1) is 22.5. The average molecular weight is 419 g/mol. The Hall–Kier alpha value is -3.14. The highest BCUT2D eigenvalue weighted by atomic mass is 16.5. The van der Waals surface area contributed by atoms with Crippen LogP contribution in [0.3, 0.4) is 0 Å². The van der Waals surface area contributed by atoms with Gasteiger partial charge in [0.05, 0.1) is 12.0 Å². The summed E-state index contributed by atoms with van der Waals surface area (Å²) in [4.78, 5) is 23.6. The van der Waals surface area contributed by atoms with E-state index in [4.69, 9.17) is 9.47 Å². The summed E-state index contributed by atoms with van der Waals surface area (Å²) in [6.07, 6.45) is 2.70. The molecule has 4 heteroatoms. The highest BCUT2D eigenvalue weighted by molar-refractivity contribution is 6.08. The molecule has 4 nitrogen and oxygen atoms in total. The summed E-state index contributed by atoms with van der Waals surface area (Å²) in [5, 5.41) is 4.52. The lowest BCUT2D eigenvalue weighted by atomic mass is 9.97. The monoisotopic (exact) mass is 418 g/mol. The van der Waals surface area contributed by atoms with Gasteiger partial charge in [-0.05, 0) is 86.2 Å². The second-order valence-electron chi connectivity index (χ2n) is 9.02. The SMILES string of the molecule is C=C(C)C(=O)OCCCCc1ccc2c(ccc3cc(OC(=O)C(C)(C)C)ccc32)c1. The van der Waals surface area contributed by atoms with Crippen molar-refractivity contribution >= 4 is 33.5 Å². The first-order valence-corrected chi connectivity index (χ1v) is 10.7. The molecule has 0 fully saturated rings. The molecule has 3 rings (SSSR count). The molecule has 0 saturated carbocycles. The van der Waals surface area contributed by atoms with Crippen LogP contribution in [0.15, 0.2) is 60.7 Å². The molecule has 0 saturated heterocycles. The van der Waals surface area contributed by atoms with E-state index in [1.54, 1.807) is 6.92 Å². The lowest BCUT2D eigenvalue weighted by Gasteiger charge is -2.16. The largest absolute Gasteiger partial charge is 0.462 e. The summed E-state index contributed by atoms with van der Waals surface area (Å²) in [5.41, 5.74) is 1.15.